The lowest BCUT2D eigenvalue weighted by atomic mass is 10.2. The van der Waals surface area contributed by atoms with E-state index < -0.39 is 9.84 Å². The van der Waals surface area contributed by atoms with Crippen molar-refractivity contribution in [2.45, 2.75) is 38.6 Å². The van der Waals surface area contributed by atoms with Crippen LogP contribution in [0.2, 0.25) is 0 Å². The number of nitrogens with one attached hydrogen (secondary N) is 1. The summed E-state index contributed by atoms with van der Waals surface area (Å²) in [7, 11) is -3.32. The second-order valence-electron chi connectivity index (χ2n) is 5.58. The maximum absolute atomic E-state index is 12.4. The fourth-order valence-electron chi connectivity index (χ4n) is 2.26. The largest absolute Gasteiger partial charge is 0.366 e. The normalized spacial score (nSPS) is 12.9. The quantitative estimate of drug-likeness (QED) is 0.917. The van der Waals surface area contributed by atoms with Crippen molar-refractivity contribution >= 4 is 15.7 Å². The van der Waals surface area contributed by atoms with Crippen molar-refractivity contribution in [2.75, 3.05) is 11.1 Å². The summed E-state index contributed by atoms with van der Waals surface area (Å²) in [4.78, 5) is 8.82. The lowest BCUT2D eigenvalue weighted by Crippen LogP contribution is -2.26. The Morgan fingerprint density at radius 2 is 1.73 bits per heavy atom. The number of nitrogens with zero attached hydrogens (tertiary/aromatic N) is 2. The Kier molecular flexibility index (Phi) is 4.81. The first-order valence-electron chi connectivity index (χ1n) is 7.14. The Balaban J connectivity index is 2.10. The molecule has 0 radical (unpaired) electrons. The summed E-state index contributed by atoms with van der Waals surface area (Å²) in [5.74, 6) is 1.32. The van der Waals surface area contributed by atoms with Crippen molar-refractivity contribution in [3.8, 4) is 0 Å². The van der Waals surface area contributed by atoms with E-state index in [0.717, 1.165) is 11.3 Å². The number of hydrogen-bond donors (Lipinski definition) is 1. The Morgan fingerprint density at radius 1 is 1.09 bits per heavy atom. The van der Waals surface area contributed by atoms with Gasteiger partial charge in [-0.2, -0.15) is 0 Å². The molecule has 1 aromatic carbocycles. The highest BCUT2D eigenvalue weighted by molar-refractivity contribution is 7.91. The average molecular weight is 319 g/mol. The predicted octanol–water partition coefficient (Wildman–Crippen LogP) is 2.68. The molecule has 1 heterocycles. The van der Waals surface area contributed by atoms with Gasteiger partial charge in [-0.25, -0.2) is 18.4 Å². The summed E-state index contributed by atoms with van der Waals surface area (Å²) in [6.45, 7) is 7.46. The fraction of sp³-hybridized carbons (Fsp3) is 0.375. The molecule has 0 spiro atoms. The van der Waals surface area contributed by atoms with E-state index in [0.29, 0.717) is 16.5 Å². The van der Waals surface area contributed by atoms with E-state index in [4.69, 9.17) is 0 Å². The Labute approximate surface area is 131 Å². The van der Waals surface area contributed by atoms with Gasteiger partial charge in [-0.3, -0.25) is 0 Å². The second-order valence-corrected chi connectivity index (χ2v) is 7.62. The van der Waals surface area contributed by atoms with E-state index >= 15 is 0 Å². The molecule has 0 aliphatic rings. The highest BCUT2D eigenvalue weighted by Crippen LogP contribution is 2.15. The van der Waals surface area contributed by atoms with Gasteiger partial charge in [-0.05, 0) is 39.8 Å². The van der Waals surface area contributed by atoms with Crippen LogP contribution in [0.3, 0.4) is 0 Å². The van der Waals surface area contributed by atoms with Gasteiger partial charge in [0, 0.05) is 17.8 Å². The number of benzene rings is 1. The highest BCUT2D eigenvalue weighted by atomic mass is 32.2. The van der Waals surface area contributed by atoms with Crippen LogP contribution in [0.25, 0.3) is 0 Å². The first kappa shape index (κ1) is 16.4. The lowest BCUT2D eigenvalue weighted by molar-refractivity contribution is 0.592. The molecular weight excluding hydrogens is 298 g/mol. The number of hydrogen-bond acceptors (Lipinski definition) is 5. The minimum atomic E-state index is -3.32. The van der Waals surface area contributed by atoms with Gasteiger partial charge in [0.1, 0.15) is 11.6 Å². The smallest absolute Gasteiger partial charge is 0.180 e. The van der Waals surface area contributed by atoms with Gasteiger partial charge in [0.2, 0.25) is 0 Å². The maximum atomic E-state index is 12.4. The molecule has 0 fully saturated rings. The number of aromatic nitrogens is 2. The average Bonchev–Trinajstić information content (AvgIpc) is 2.36. The zero-order valence-electron chi connectivity index (χ0n) is 13.3. The predicted molar refractivity (Wildman–Crippen MR) is 87.8 cm³/mol. The lowest BCUT2D eigenvalue weighted by Gasteiger charge is -2.15. The second kappa shape index (κ2) is 6.44. The number of sulfone groups is 1. The molecule has 2 aromatic rings. The molecule has 2 rings (SSSR count). The molecule has 0 bridgehead atoms. The van der Waals surface area contributed by atoms with Gasteiger partial charge in [0.15, 0.2) is 9.84 Å². The Hall–Kier alpha value is -1.95. The van der Waals surface area contributed by atoms with Crippen molar-refractivity contribution < 1.29 is 8.42 Å². The Bertz CT molecular complexity index is 735. The van der Waals surface area contributed by atoms with Crippen LogP contribution in [0.1, 0.15) is 24.0 Å². The summed E-state index contributed by atoms with van der Waals surface area (Å²) < 4.78 is 24.8. The third-order valence-electron chi connectivity index (χ3n) is 3.21. The standard InChI is InChI=1S/C16H21N3O2S/c1-11-5-7-15(8-6-11)22(20,21)10-13(3)18-16-9-12(2)17-14(4)19-16/h5-9,13H,10H2,1-4H3,(H,17,18,19). The van der Waals surface area contributed by atoms with Crippen molar-refractivity contribution in [1.82, 2.24) is 9.97 Å². The summed E-state index contributed by atoms with van der Waals surface area (Å²) in [5, 5.41) is 3.13. The topological polar surface area (TPSA) is 72.0 Å². The van der Waals surface area contributed by atoms with E-state index in [-0.39, 0.29) is 11.8 Å². The molecular formula is C16H21N3O2S. The van der Waals surface area contributed by atoms with Gasteiger partial charge in [0.25, 0.3) is 0 Å². The summed E-state index contributed by atoms with van der Waals surface area (Å²) in [6, 6.07) is 8.47. The first-order valence-corrected chi connectivity index (χ1v) is 8.80. The summed E-state index contributed by atoms with van der Waals surface area (Å²) >= 11 is 0. The van der Waals surface area contributed by atoms with Crippen LogP contribution in [-0.4, -0.2) is 30.2 Å². The minimum absolute atomic E-state index is 0.0121. The van der Waals surface area contributed by atoms with Gasteiger partial charge < -0.3 is 5.32 Å². The first-order chi connectivity index (χ1) is 10.3. The number of aryl methyl sites for hydroxylation is 3. The van der Waals surface area contributed by atoms with E-state index in [2.05, 4.69) is 15.3 Å². The fourth-order valence-corrected chi connectivity index (χ4v) is 3.74. The summed E-state index contributed by atoms with van der Waals surface area (Å²) in [5.41, 5.74) is 1.89. The molecule has 22 heavy (non-hydrogen) atoms. The SMILES string of the molecule is Cc1ccc(S(=O)(=O)CC(C)Nc2cc(C)nc(C)n2)cc1. The van der Waals surface area contributed by atoms with Crippen molar-refractivity contribution in [3.05, 3.63) is 47.4 Å². The van der Waals surface area contributed by atoms with E-state index in [1.54, 1.807) is 12.1 Å². The molecule has 1 N–H and O–H groups in total. The Morgan fingerprint density at radius 3 is 2.32 bits per heavy atom. The van der Waals surface area contributed by atoms with E-state index in [1.165, 1.54) is 0 Å². The highest BCUT2D eigenvalue weighted by Gasteiger charge is 2.18. The molecule has 1 atom stereocenters. The molecule has 6 heteroatoms. The van der Waals surface area contributed by atoms with Crippen LogP contribution >= 0.6 is 0 Å². The molecule has 0 aliphatic heterocycles. The minimum Gasteiger partial charge on any atom is -0.366 e. The van der Waals surface area contributed by atoms with Crippen LogP contribution in [0.4, 0.5) is 5.82 Å². The number of rotatable bonds is 5. The molecule has 0 aliphatic carbocycles. The van der Waals surface area contributed by atoms with Crippen LogP contribution in [-0.2, 0) is 9.84 Å². The maximum Gasteiger partial charge on any atom is 0.180 e. The zero-order chi connectivity index (χ0) is 16.3. The third-order valence-corrected chi connectivity index (χ3v) is 5.14. The van der Waals surface area contributed by atoms with Crippen molar-refractivity contribution in [3.63, 3.8) is 0 Å². The van der Waals surface area contributed by atoms with Crippen LogP contribution in [0.15, 0.2) is 35.2 Å². The van der Waals surface area contributed by atoms with Crippen LogP contribution < -0.4 is 5.32 Å². The number of anilines is 1. The van der Waals surface area contributed by atoms with Gasteiger partial charge in [-0.1, -0.05) is 17.7 Å². The van der Waals surface area contributed by atoms with Crippen molar-refractivity contribution in [1.29, 1.82) is 0 Å². The van der Waals surface area contributed by atoms with E-state index in [1.807, 2.05) is 45.9 Å². The molecule has 1 aromatic heterocycles. The monoisotopic (exact) mass is 319 g/mol. The van der Waals surface area contributed by atoms with Crippen LogP contribution in [0, 0.1) is 20.8 Å². The van der Waals surface area contributed by atoms with Gasteiger partial charge >= 0.3 is 0 Å². The molecule has 5 nitrogen and oxygen atoms in total. The zero-order valence-corrected chi connectivity index (χ0v) is 14.1. The molecule has 118 valence electrons. The third kappa shape index (κ3) is 4.27. The molecule has 0 saturated heterocycles. The van der Waals surface area contributed by atoms with Gasteiger partial charge in [-0.15, -0.1) is 0 Å². The van der Waals surface area contributed by atoms with Crippen LogP contribution in [0.5, 0.6) is 0 Å². The molecule has 0 amide bonds. The molecule has 1 unspecified atom stereocenters. The molecule has 0 saturated carbocycles. The van der Waals surface area contributed by atoms with Gasteiger partial charge in [0.05, 0.1) is 10.6 Å². The van der Waals surface area contributed by atoms with E-state index in [9.17, 15) is 8.42 Å². The summed E-state index contributed by atoms with van der Waals surface area (Å²) in [6.07, 6.45) is 0. The van der Waals surface area contributed by atoms with Crippen molar-refractivity contribution in [2.24, 2.45) is 0 Å².